The van der Waals surface area contributed by atoms with E-state index in [4.69, 9.17) is 9.26 Å². The average molecular weight is 425 g/mol. The van der Waals surface area contributed by atoms with Gasteiger partial charge >= 0.3 is 5.69 Å². The van der Waals surface area contributed by atoms with E-state index in [2.05, 4.69) is 26.1 Å². The highest BCUT2D eigenvalue weighted by Crippen LogP contribution is 2.31. The lowest BCUT2D eigenvalue weighted by Crippen LogP contribution is -2.31. The van der Waals surface area contributed by atoms with Gasteiger partial charge in [0, 0.05) is 4.47 Å². The summed E-state index contributed by atoms with van der Waals surface area (Å²) in [5.74, 6) is -0.175. The number of ether oxygens (including phenoxy) is 1. The molecule has 0 radical (unpaired) electrons. The highest BCUT2D eigenvalue weighted by atomic mass is 79.9. The minimum atomic E-state index is -1.08. The van der Waals surface area contributed by atoms with Crippen LogP contribution < -0.4 is 16.0 Å². The molecule has 3 aromatic rings. The van der Waals surface area contributed by atoms with Crippen LogP contribution >= 0.6 is 15.9 Å². The maximum Gasteiger partial charge on any atom is 0.328 e. The number of nitrogens with one attached hydrogen (secondary N) is 1. The minimum Gasteiger partial charge on any atom is -0.490 e. The molecule has 0 fully saturated rings. The van der Waals surface area contributed by atoms with E-state index in [0.29, 0.717) is 11.3 Å². The molecule has 3 rings (SSSR count). The highest BCUT2D eigenvalue weighted by molar-refractivity contribution is 9.10. The van der Waals surface area contributed by atoms with Gasteiger partial charge in [0.05, 0.1) is 17.9 Å². The third-order valence-electron chi connectivity index (χ3n) is 3.29. The summed E-state index contributed by atoms with van der Waals surface area (Å²) in [5.41, 5.74) is -1.26. The first-order valence-corrected chi connectivity index (χ1v) is 8.41. The second-order valence-electron chi connectivity index (χ2n) is 5.68. The van der Waals surface area contributed by atoms with Crippen molar-refractivity contribution >= 4 is 15.9 Å². The SMILES string of the molecule is CC(C)Oc1ccc(Br)cc1-c1noc(Cn2cc(F)c(=O)[nH]c2=O)n1. The van der Waals surface area contributed by atoms with E-state index in [0.717, 1.165) is 15.2 Å². The number of hydrogen-bond donors (Lipinski definition) is 1. The molecule has 1 aromatic carbocycles. The molecule has 0 aliphatic carbocycles. The van der Waals surface area contributed by atoms with Crippen LogP contribution in [0.4, 0.5) is 4.39 Å². The van der Waals surface area contributed by atoms with E-state index in [-0.39, 0.29) is 24.4 Å². The van der Waals surface area contributed by atoms with Crippen molar-refractivity contribution in [3.05, 3.63) is 61.4 Å². The van der Waals surface area contributed by atoms with Crippen LogP contribution in [0.5, 0.6) is 5.75 Å². The molecule has 2 aromatic heterocycles. The van der Waals surface area contributed by atoms with Crippen molar-refractivity contribution in [1.29, 1.82) is 0 Å². The van der Waals surface area contributed by atoms with Crippen LogP contribution in [0.3, 0.4) is 0 Å². The van der Waals surface area contributed by atoms with Gasteiger partial charge in [-0.2, -0.15) is 9.37 Å². The van der Waals surface area contributed by atoms with Gasteiger partial charge in [-0.15, -0.1) is 0 Å². The molecule has 2 heterocycles. The second-order valence-corrected chi connectivity index (χ2v) is 6.60. The monoisotopic (exact) mass is 424 g/mol. The molecule has 10 heteroatoms. The standard InChI is InChI=1S/C16H14BrFN4O4/c1-8(2)25-12-4-3-9(17)5-10(12)14-19-13(26-21-14)7-22-6-11(18)15(23)20-16(22)24/h3-6,8H,7H2,1-2H3,(H,20,23,24). The molecule has 0 saturated heterocycles. The van der Waals surface area contributed by atoms with Gasteiger partial charge in [0.1, 0.15) is 12.3 Å². The van der Waals surface area contributed by atoms with E-state index in [1.54, 1.807) is 12.1 Å². The first-order chi connectivity index (χ1) is 12.3. The second kappa shape index (κ2) is 7.24. The number of rotatable bonds is 5. The third kappa shape index (κ3) is 3.90. The Morgan fingerprint density at radius 2 is 2.15 bits per heavy atom. The zero-order valence-corrected chi connectivity index (χ0v) is 15.4. The lowest BCUT2D eigenvalue weighted by molar-refractivity contribution is 0.243. The molecule has 0 bridgehead atoms. The quantitative estimate of drug-likeness (QED) is 0.673. The molecular formula is C16H14BrFN4O4. The van der Waals surface area contributed by atoms with Crippen LogP contribution in [-0.2, 0) is 6.54 Å². The van der Waals surface area contributed by atoms with Gasteiger partial charge in [-0.05, 0) is 32.0 Å². The van der Waals surface area contributed by atoms with Gasteiger partial charge in [0.2, 0.25) is 17.5 Å². The molecule has 0 unspecified atom stereocenters. The van der Waals surface area contributed by atoms with E-state index >= 15 is 0 Å². The van der Waals surface area contributed by atoms with Crippen LogP contribution in [0.15, 0.2) is 43.0 Å². The summed E-state index contributed by atoms with van der Waals surface area (Å²) in [6.07, 6.45) is 0.737. The first-order valence-electron chi connectivity index (χ1n) is 7.62. The highest BCUT2D eigenvalue weighted by Gasteiger charge is 2.16. The van der Waals surface area contributed by atoms with Crippen LogP contribution in [0.1, 0.15) is 19.7 Å². The van der Waals surface area contributed by atoms with Gasteiger partial charge in [-0.25, -0.2) is 4.79 Å². The molecule has 26 heavy (non-hydrogen) atoms. The summed E-state index contributed by atoms with van der Waals surface area (Å²) < 4.78 is 26.0. The van der Waals surface area contributed by atoms with E-state index in [1.807, 2.05) is 24.9 Å². The smallest absolute Gasteiger partial charge is 0.328 e. The molecule has 1 N–H and O–H groups in total. The Kier molecular flexibility index (Phi) is 5.03. The fourth-order valence-electron chi connectivity index (χ4n) is 2.21. The molecular weight excluding hydrogens is 411 g/mol. The summed E-state index contributed by atoms with van der Waals surface area (Å²) in [7, 11) is 0. The Bertz CT molecular complexity index is 1060. The Morgan fingerprint density at radius 1 is 1.38 bits per heavy atom. The minimum absolute atomic E-state index is 0.0519. The number of nitrogens with zero attached hydrogens (tertiary/aromatic N) is 3. The fraction of sp³-hybridized carbons (Fsp3) is 0.250. The molecule has 0 aliphatic heterocycles. The Hall–Kier alpha value is -2.75. The summed E-state index contributed by atoms with van der Waals surface area (Å²) in [4.78, 5) is 28.9. The number of hydrogen-bond acceptors (Lipinski definition) is 6. The first kappa shape index (κ1) is 18.1. The molecule has 0 aliphatic rings. The number of aromatic nitrogens is 4. The van der Waals surface area contributed by atoms with Crippen LogP contribution in [0.25, 0.3) is 11.4 Å². The van der Waals surface area contributed by atoms with E-state index < -0.39 is 17.1 Å². The number of H-pyrrole nitrogens is 1. The maximum atomic E-state index is 13.4. The fourth-order valence-corrected chi connectivity index (χ4v) is 2.57. The topological polar surface area (TPSA) is 103 Å². The van der Waals surface area contributed by atoms with Gasteiger partial charge in [0.25, 0.3) is 5.56 Å². The van der Waals surface area contributed by atoms with Crippen LogP contribution in [-0.4, -0.2) is 25.8 Å². The van der Waals surface area contributed by atoms with Crippen molar-refractivity contribution in [2.75, 3.05) is 0 Å². The molecule has 0 atom stereocenters. The zero-order chi connectivity index (χ0) is 18.8. The molecule has 0 amide bonds. The summed E-state index contributed by atoms with van der Waals surface area (Å²) in [6.45, 7) is 3.60. The Balaban J connectivity index is 1.94. The molecule has 8 nitrogen and oxygen atoms in total. The van der Waals surface area contributed by atoms with Crippen molar-refractivity contribution < 1.29 is 13.7 Å². The predicted molar refractivity (Wildman–Crippen MR) is 93.6 cm³/mol. The normalized spacial score (nSPS) is 11.1. The lowest BCUT2D eigenvalue weighted by atomic mass is 10.2. The predicted octanol–water partition coefficient (Wildman–Crippen LogP) is 2.32. The van der Waals surface area contributed by atoms with Gasteiger partial charge in [0.15, 0.2) is 0 Å². The number of benzene rings is 1. The van der Waals surface area contributed by atoms with E-state index in [9.17, 15) is 14.0 Å². The number of halogens is 2. The van der Waals surface area contributed by atoms with Crippen molar-refractivity contribution in [3.8, 4) is 17.1 Å². The van der Waals surface area contributed by atoms with E-state index in [1.165, 1.54) is 0 Å². The van der Waals surface area contributed by atoms with Crippen molar-refractivity contribution in [2.45, 2.75) is 26.5 Å². The Morgan fingerprint density at radius 3 is 2.88 bits per heavy atom. The molecule has 136 valence electrons. The van der Waals surface area contributed by atoms with Crippen molar-refractivity contribution in [2.24, 2.45) is 0 Å². The average Bonchev–Trinajstić information content (AvgIpc) is 3.02. The molecule has 0 spiro atoms. The van der Waals surface area contributed by atoms with Gasteiger partial charge in [-0.3, -0.25) is 14.3 Å². The van der Waals surface area contributed by atoms with Crippen molar-refractivity contribution in [1.82, 2.24) is 19.7 Å². The van der Waals surface area contributed by atoms with Gasteiger partial charge in [-0.1, -0.05) is 21.1 Å². The zero-order valence-electron chi connectivity index (χ0n) is 13.8. The summed E-state index contributed by atoms with van der Waals surface area (Å²) in [5, 5.41) is 3.89. The largest absolute Gasteiger partial charge is 0.490 e. The van der Waals surface area contributed by atoms with Crippen LogP contribution in [0.2, 0.25) is 0 Å². The maximum absolute atomic E-state index is 13.4. The van der Waals surface area contributed by atoms with Crippen molar-refractivity contribution in [3.63, 3.8) is 0 Å². The molecule has 0 saturated carbocycles. The lowest BCUT2D eigenvalue weighted by Gasteiger charge is -2.12. The van der Waals surface area contributed by atoms with Crippen LogP contribution in [0, 0.1) is 5.82 Å². The summed E-state index contributed by atoms with van der Waals surface area (Å²) >= 11 is 3.38. The summed E-state index contributed by atoms with van der Waals surface area (Å²) in [6, 6.07) is 5.38. The number of aromatic amines is 1. The Labute approximate surface area is 154 Å². The van der Waals surface area contributed by atoms with Gasteiger partial charge < -0.3 is 9.26 Å². The third-order valence-corrected chi connectivity index (χ3v) is 3.78.